The summed E-state index contributed by atoms with van der Waals surface area (Å²) >= 11 is 0. The zero-order valence-corrected chi connectivity index (χ0v) is 14.0. The van der Waals surface area contributed by atoms with Gasteiger partial charge in [0.05, 0.1) is 5.92 Å². The molecule has 3 fully saturated rings. The minimum Gasteiger partial charge on any atom is -0.356 e. The molecular formula is C18H22F3N3O. The van der Waals surface area contributed by atoms with Crippen molar-refractivity contribution in [2.45, 2.75) is 31.9 Å². The molecule has 0 spiro atoms. The lowest BCUT2D eigenvalue weighted by molar-refractivity contribution is -0.141. The van der Waals surface area contributed by atoms with Crippen LogP contribution in [-0.4, -0.2) is 42.0 Å². The number of likely N-dealkylation sites (tertiary alicyclic amines) is 1. The van der Waals surface area contributed by atoms with Gasteiger partial charge in [-0.2, -0.15) is 13.2 Å². The lowest BCUT2D eigenvalue weighted by atomic mass is 10.0. The van der Waals surface area contributed by atoms with Crippen molar-refractivity contribution in [3.8, 4) is 0 Å². The third-order valence-corrected chi connectivity index (χ3v) is 5.92. The van der Waals surface area contributed by atoms with Crippen LogP contribution < -0.4 is 4.90 Å². The van der Waals surface area contributed by atoms with Crippen LogP contribution in [-0.2, 0) is 11.0 Å². The molecule has 3 aliphatic rings. The largest absolute Gasteiger partial charge is 0.433 e. The second-order valence-electron chi connectivity index (χ2n) is 7.50. The first kappa shape index (κ1) is 16.7. The molecule has 3 unspecified atom stereocenters. The van der Waals surface area contributed by atoms with E-state index in [1.165, 1.54) is 25.3 Å². The predicted octanol–water partition coefficient (Wildman–Crippen LogP) is 3.19. The van der Waals surface area contributed by atoms with Crippen LogP contribution in [0.25, 0.3) is 0 Å². The number of aromatic nitrogens is 1. The molecule has 0 bridgehead atoms. The van der Waals surface area contributed by atoms with Crippen LogP contribution in [0.5, 0.6) is 0 Å². The van der Waals surface area contributed by atoms with Crippen LogP contribution in [0.15, 0.2) is 18.2 Å². The SMILES string of the molecule is O=C(C1CCN(c2cccc(C(F)(F)F)n2)C1)N1CC2CCCC2C1. The number of fused-ring (bicyclic) bond motifs is 1. The summed E-state index contributed by atoms with van der Waals surface area (Å²) in [4.78, 5) is 20.3. The second-order valence-corrected chi connectivity index (χ2v) is 7.50. The highest BCUT2D eigenvalue weighted by molar-refractivity contribution is 5.80. The number of alkyl halides is 3. The summed E-state index contributed by atoms with van der Waals surface area (Å²) in [7, 11) is 0. The molecule has 4 rings (SSSR count). The van der Waals surface area contributed by atoms with E-state index >= 15 is 0 Å². The van der Waals surface area contributed by atoms with E-state index in [0.29, 0.717) is 37.2 Å². The number of hydrogen-bond donors (Lipinski definition) is 0. The minimum atomic E-state index is -4.45. The number of halogens is 3. The van der Waals surface area contributed by atoms with Gasteiger partial charge in [0.1, 0.15) is 11.5 Å². The maximum absolute atomic E-state index is 12.8. The number of carbonyl (C=O) groups is 1. The van der Waals surface area contributed by atoms with E-state index in [0.717, 1.165) is 19.2 Å². The molecule has 0 N–H and O–H groups in total. The van der Waals surface area contributed by atoms with Gasteiger partial charge < -0.3 is 9.80 Å². The number of pyridine rings is 1. The zero-order valence-electron chi connectivity index (χ0n) is 14.0. The quantitative estimate of drug-likeness (QED) is 0.819. The summed E-state index contributed by atoms with van der Waals surface area (Å²) in [5.41, 5.74) is -0.882. The zero-order chi connectivity index (χ0) is 17.6. The first-order chi connectivity index (χ1) is 11.9. The number of anilines is 1. The highest BCUT2D eigenvalue weighted by Crippen LogP contribution is 2.39. The van der Waals surface area contributed by atoms with Crippen molar-refractivity contribution in [3.05, 3.63) is 23.9 Å². The van der Waals surface area contributed by atoms with Crippen molar-refractivity contribution < 1.29 is 18.0 Å². The molecule has 7 heteroatoms. The molecule has 1 aromatic heterocycles. The van der Waals surface area contributed by atoms with Gasteiger partial charge in [0.15, 0.2) is 0 Å². The lowest BCUT2D eigenvalue weighted by Gasteiger charge is -2.22. The Hall–Kier alpha value is -1.79. The maximum atomic E-state index is 12.8. The molecule has 3 atom stereocenters. The van der Waals surface area contributed by atoms with Gasteiger partial charge in [-0.05, 0) is 43.2 Å². The molecule has 0 aromatic carbocycles. The fourth-order valence-corrected chi connectivity index (χ4v) is 4.60. The van der Waals surface area contributed by atoms with Crippen LogP contribution >= 0.6 is 0 Å². The summed E-state index contributed by atoms with van der Waals surface area (Å²) < 4.78 is 38.5. The third-order valence-electron chi connectivity index (χ3n) is 5.92. The van der Waals surface area contributed by atoms with E-state index in [-0.39, 0.29) is 11.8 Å². The molecule has 25 heavy (non-hydrogen) atoms. The summed E-state index contributed by atoms with van der Waals surface area (Å²) in [6.07, 6.45) is -0.0462. The molecule has 1 aliphatic carbocycles. The number of hydrogen-bond acceptors (Lipinski definition) is 3. The van der Waals surface area contributed by atoms with E-state index in [9.17, 15) is 18.0 Å². The predicted molar refractivity (Wildman–Crippen MR) is 87.0 cm³/mol. The first-order valence-corrected chi connectivity index (χ1v) is 9.00. The Balaban J connectivity index is 1.41. The molecule has 4 nitrogen and oxygen atoms in total. The Morgan fingerprint density at radius 1 is 1.08 bits per heavy atom. The van der Waals surface area contributed by atoms with Crippen LogP contribution in [0.2, 0.25) is 0 Å². The normalized spacial score (nSPS) is 29.3. The van der Waals surface area contributed by atoms with Crippen molar-refractivity contribution >= 4 is 11.7 Å². The molecule has 3 heterocycles. The Kier molecular flexibility index (Phi) is 4.12. The van der Waals surface area contributed by atoms with Crippen molar-refractivity contribution in [1.29, 1.82) is 0 Å². The topological polar surface area (TPSA) is 36.4 Å². The molecule has 136 valence electrons. The molecular weight excluding hydrogens is 331 g/mol. The van der Waals surface area contributed by atoms with E-state index in [1.54, 1.807) is 11.0 Å². The standard InChI is InChI=1S/C18H22F3N3O/c19-18(20,21)15-5-2-6-16(22-15)23-8-7-14(11-23)17(25)24-9-12-3-1-4-13(12)10-24/h2,5-6,12-14H,1,3-4,7-11H2. The van der Waals surface area contributed by atoms with Gasteiger partial charge in [-0.1, -0.05) is 12.5 Å². The number of amides is 1. The summed E-state index contributed by atoms with van der Waals surface area (Å²) in [6.45, 7) is 2.76. The lowest BCUT2D eigenvalue weighted by Crippen LogP contribution is -2.36. The Morgan fingerprint density at radius 3 is 2.48 bits per heavy atom. The second kappa shape index (κ2) is 6.18. The van der Waals surface area contributed by atoms with Crippen molar-refractivity contribution in [3.63, 3.8) is 0 Å². The highest BCUT2D eigenvalue weighted by Gasteiger charge is 2.41. The van der Waals surface area contributed by atoms with E-state index in [4.69, 9.17) is 0 Å². The van der Waals surface area contributed by atoms with E-state index < -0.39 is 11.9 Å². The van der Waals surface area contributed by atoms with Crippen LogP contribution in [0.4, 0.5) is 19.0 Å². The average Bonchev–Trinajstić information content (AvgIpc) is 3.29. The van der Waals surface area contributed by atoms with Gasteiger partial charge >= 0.3 is 6.18 Å². The highest BCUT2D eigenvalue weighted by atomic mass is 19.4. The van der Waals surface area contributed by atoms with Gasteiger partial charge in [0.25, 0.3) is 0 Å². The van der Waals surface area contributed by atoms with Gasteiger partial charge in [-0.3, -0.25) is 4.79 Å². The van der Waals surface area contributed by atoms with E-state index in [2.05, 4.69) is 4.98 Å². The number of nitrogens with zero attached hydrogens (tertiary/aromatic N) is 3. The van der Waals surface area contributed by atoms with Gasteiger partial charge in [-0.25, -0.2) is 4.98 Å². The molecule has 1 aromatic rings. The Labute approximate surface area is 145 Å². The van der Waals surface area contributed by atoms with Crippen LogP contribution in [0.1, 0.15) is 31.4 Å². The summed E-state index contributed by atoms with van der Waals surface area (Å²) in [6, 6.07) is 3.94. The van der Waals surface area contributed by atoms with Crippen molar-refractivity contribution in [2.75, 3.05) is 31.1 Å². The molecule has 1 saturated carbocycles. The van der Waals surface area contributed by atoms with Gasteiger partial charge in [0, 0.05) is 26.2 Å². The van der Waals surface area contributed by atoms with Gasteiger partial charge in [0.2, 0.25) is 5.91 Å². The van der Waals surface area contributed by atoms with Gasteiger partial charge in [-0.15, -0.1) is 0 Å². The van der Waals surface area contributed by atoms with Crippen molar-refractivity contribution in [2.24, 2.45) is 17.8 Å². The molecule has 2 saturated heterocycles. The molecule has 0 radical (unpaired) electrons. The monoisotopic (exact) mass is 353 g/mol. The smallest absolute Gasteiger partial charge is 0.356 e. The summed E-state index contributed by atoms with van der Waals surface area (Å²) in [5.74, 6) is 1.67. The Bertz CT molecular complexity index is 651. The first-order valence-electron chi connectivity index (χ1n) is 9.00. The van der Waals surface area contributed by atoms with Crippen molar-refractivity contribution in [1.82, 2.24) is 9.88 Å². The maximum Gasteiger partial charge on any atom is 0.433 e. The fraction of sp³-hybridized carbons (Fsp3) is 0.667. The number of rotatable bonds is 2. The summed E-state index contributed by atoms with van der Waals surface area (Å²) in [5, 5.41) is 0. The fourth-order valence-electron chi connectivity index (χ4n) is 4.60. The van der Waals surface area contributed by atoms with Crippen LogP contribution in [0.3, 0.4) is 0 Å². The van der Waals surface area contributed by atoms with E-state index in [1.807, 2.05) is 4.90 Å². The molecule has 1 amide bonds. The Morgan fingerprint density at radius 2 is 1.80 bits per heavy atom. The number of carbonyl (C=O) groups excluding carboxylic acids is 1. The minimum absolute atomic E-state index is 0.129. The molecule has 2 aliphatic heterocycles. The third kappa shape index (κ3) is 3.20. The van der Waals surface area contributed by atoms with Crippen LogP contribution in [0, 0.1) is 17.8 Å². The average molecular weight is 353 g/mol.